The summed E-state index contributed by atoms with van der Waals surface area (Å²) in [5.74, 6) is 2.34. The van der Waals surface area contributed by atoms with E-state index in [4.69, 9.17) is 18.6 Å². The summed E-state index contributed by atoms with van der Waals surface area (Å²) in [5, 5.41) is 4.04. The molecular formula is C26H22ClO4P. The fourth-order valence-electron chi connectivity index (χ4n) is 3.45. The molecule has 1 aliphatic rings. The summed E-state index contributed by atoms with van der Waals surface area (Å²) in [5.41, 5.74) is 4.76. The van der Waals surface area contributed by atoms with E-state index in [1.165, 1.54) is 15.9 Å². The molecule has 0 unspecified atom stereocenters. The maximum absolute atomic E-state index is 8.49. The molecule has 0 aromatic heterocycles. The highest BCUT2D eigenvalue weighted by Crippen LogP contribution is 2.56. The van der Waals surface area contributed by atoms with E-state index in [-0.39, 0.29) is 0 Å². The van der Waals surface area contributed by atoms with Crippen LogP contribution in [0.5, 0.6) is 0 Å². The summed E-state index contributed by atoms with van der Waals surface area (Å²) in [4.78, 5) is 0. The van der Waals surface area contributed by atoms with Gasteiger partial charge >= 0.3 is 0 Å². The fraction of sp³-hybridized carbons (Fsp3) is 0.0385. The topological polar surface area (TPSA) is 92.2 Å². The second-order valence-electron chi connectivity index (χ2n) is 6.88. The van der Waals surface area contributed by atoms with E-state index in [2.05, 4.69) is 127 Å². The Kier molecular flexibility index (Phi) is 8.35. The van der Waals surface area contributed by atoms with Crippen LogP contribution < -0.4 is 34.5 Å². The normalized spacial score (nSPS) is 13.1. The van der Waals surface area contributed by atoms with Crippen molar-refractivity contribution in [3.8, 4) is 0 Å². The Hall–Kier alpha value is -2.78. The number of halogens is 1. The van der Waals surface area contributed by atoms with Gasteiger partial charge in [0.15, 0.2) is 0 Å². The number of hydrogen-bond acceptors (Lipinski definition) is 4. The van der Waals surface area contributed by atoms with E-state index in [1.54, 1.807) is 0 Å². The van der Waals surface area contributed by atoms with Crippen LogP contribution in [-0.2, 0) is 0 Å². The standard InChI is InChI=1S/C26H22P.ClHO4/c1-5-13-23(14-6-1)21-22-27(24-15-7-2-8-16-24,25-17-9-3-10-18-25)26-19-11-4-12-20-26;2-1(3,4)5/h2-20,22H,1H2;(H,2,3,4,5)/q+1;/p-1. The van der Waals surface area contributed by atoms with Crippen molar-refractivity contribution in [3.05, 3.63) is 132 Å². The first kappa shape index (κ1) is 23.9. The highest BCUT2D eigenvalue weighted by molar-refractivity contribution is 7.98. The third-order valence-corrected chi connectivity index (χ3v) is 8.64. The molecule has 3 aromatic carbocycles. The predicted molar refractivity (Wildman–Crippen MR) is 120 cm³/mol. The Morgan fingerprint density at radius 3 is 1.31 bits per heavy atom. The fourth-order valence-corrected chi connectivity index (χ4v) is 7.06. The lowest BCUT2D eigenvalue weighted by atomic mass is 10.1. The summed E-state index contributed by atoms with van der Waals surface area (Å²) in [7, 11) is -6.89. The molecule has 0 heterocycles. The SMILES string of the molecule is C(=C[P+](c1ccccc1)(c1ccccc1)c1ccccc1)=C1C=CCC=C1.[O-][Cl+3]([O-])([O-])[O-]. The smallest absolute Gasteiger partial charge is 0.144 e. The maximum atomic E-state index is 8.49. The Morgan fingerprint density at radius 2 is 0.969 bits per heavy atom. The van der Waals surface area contributed by atoms with Gasteiger partial charge in [-0.05, 0) is 42.8 Å². The molecule has 0 saturated carbocycles. The van der Waals surface area contributed by atoms with Crippen LogP contribution in [-0.4, -0.2) is 0 Å². The van der Waals surface area contributed by atoms with Gasteiger partial charge in [-0.3, -0.25) is 0 Å². The summed E-state index contributed by atoms with van der Waals surface area (Å²) in [6, 6.07) is 32.6. The highest BCUT2D eigenvalue weighted by atomic mass is 35.7. The van der Waals surface area contributed by atoms with Crippen LogP contribution in [0.25, 0.3) is 0 Å². The van der Waals surface area contributed by atoms with Crippen molar-refractivity contribution in [3.63, 3.8) is 0 Å². The average molecular weight is 465 g/mol. The molecule has 0 atom stereocenters. The minimum absolute atomic E-state index is 1.00. The lowest BCUT2D eigenvalue weighted by Gasteiger charge is -2.23. The molecular weight excluding hydrogens is 443 g/mol. The molecule has 0 saturated heterocycles. The molecule has 0 aliphatic heterocycles. The zero-order valence-corrected chi connectivity index (χ0v) is 18.9. The van der Waals surface area contributed by atoms with Crippen molar-refractivity contribution >= 4 is 23.2 Å². The molecule has 4 nitrogen and oxygen atoms in total. The minimum Gasteiger partial charge on any atom is -0.222 e. The van der Waals surface area contributed by atoms with Crippen molar-refractivity contribution in [1.82, 2.24) is 0 Å². The van der Waals surface area contributed by atoms with Crippen LogP contribution in [0.4, 0.5) is 0 Å². The Labute approximate surface area is 190 Å². The molecule has 32 heavy (non-hydrogen) atoms. The lowest BCUT2D eigenvalue weighted by Crippen LogP contribution is -2.68. The van der Waals surface area contributed by atoms with Crippen molar-refractivity contribution in [2.45, 2.75) is 6.42 Å². The van der Waals surface area contributed by atoms with Crippen LogP contribution in [0.2, 0.25) is 0 Å². The zero-order chi connectivity index (χ0) is 22.9. The van der Waals surface area contributed by atoms with Crippen LogP contribution in [0.1, 0.15) is 6.42 Å². The van der Waals surface area contributed by atoms with E-state index in [0.29, 0.717) is 0 Å². The first-order valence-electron chi connectivity index (χ1n) is 9.88. The maximum Gasteiger partial charge on any atom is 0.144 e. The molecule has 0 amide bonds. The highest BCUT2D eigenvalue weighted by Gasteiger charge is 2.43. The molecule has 1 aliphatic carbocycles. The minimum atomic E-state index is -4.94. The van der Waals surface area contributed by atoms with Crippen LogP contribution in [0, 0.1) is 10.2 Å². The van der Waals surface area contributed by atoms with Crippen molar-refractivity contribution < 1.29 is 28.9 Å². The first-order chi connectivity index (χ1) is 15.4. The van der Waals surface area contributed by atoms with Crippen molar-refractivity contribution in [2.75, 3.05) is 0 Å². The van der Waals surface area contributed by atoms with Gasteiger partial charge in [0.2, 0.25) is 0 Å². The molecule has 0 fully saturated rings. The van der Waals surface area contributed by atoms with E-state index in [1.807, 2.05) is 0 Å². The summed E-state index contributed by atoms with van der Waals surface area (Å²) in [6.07, 6.45) is 9.69. The molecule has 3 aromatic rings. The number of rotatable bonds is 4. The largest absolute Gasteiger partial charge is 0.222 e. The average Bonchev–Trinajstić information content (AvgIpc) is 2.81. The number of allylic oxidation sites excluding steroid dienone is 5. The second kappa shape index (κ2) is 11.2. The molecule has 0 radical (unpaired) electrons. The van der Waals surface area contributed by atoms with Gasteiger partial charge in [-0.2, -0.15) is 0 Å². The molecule has 0 bridgehead atoms. The summed E-state index contributed by atoms with van der Waals surface area (Å²) >= 11 is 0. The number of hydrogen-bond donors (Lipinski definition) is 0. The van der Waals surface area contributed by atoms with E-state index in [9.17, 15) is 0 Å². The van der Waals surface area contributed by atoms with Crippen molar-refractivity contribution in [2.24, 2.45) is 0 Å². The van der Waals surface area contributed by atoms with Gasteiger partial charge in [0.25, 0.3) is 0 Å². The van der Waals surface area contributed by atoms with Gasteiger partial charge in [-0.1, -0.05) is 84.6 Å². The third-order valence-electron chi connectivity index (χ3n) is 4.78. The third kappa shape index (κ3) is 6.61. The van der Waals surface area contributed by atoms with E-state index < -0.39 is 17.5 Å². The van der Waals surface area contributed by atoms with Gasteiger partial charge in [-0.15, -0.1) is 10.2 Å². The Morgan fingerprint density at radius 1 is 0.625 bits per heavy atom. The van der Waals surface area contributed by atoms with E-state index in [0.717, 1.165) is 12.0 Å². The first-order valence-corrected chi connectivity index (χ1v) is 13.0. The van der Waals surface area contributed by atoms with Gasteiger partial charge in [0.05, 0.1) is 0 Å². The molecule has 6 heteroatoms. The monoisotopic (exact) mass is 464 g/mol. The summed E-state index contributed by atoms with van der Waals surface area (Å²) < 4.78 is 34.0. The molecule has 0 N–H and O–H groups in total. The van der Waals surface area contributed by atoms with Crippen LogP contribution in [0.3, 0.4) is 0 Å². The second-order valence-corrected chi connectivity index (χ2v) is 10.9. The van der Waals surface area contributed by atoms with Gasteiger partial charge in [-0.25, -0.2) is 18.6 Å². The van der Waals surface area contributed by atoms with E-state index >= 15 is 0 Å². The van der Waals surface area contributed by atoms with Gasteiger partial charge < -0.3 is 0 Å². The summed E-state index contributed by atoms with van der Waals surface area (Å²) in [6.45, 7) is 0. The van der Waals surface area contributed by atoms with Gasteiger partial charge in [0.1, 0.15) is 29.0 Å². The quantitative estimate of drug-likeness (QED) is 0.421. The van der Waals surface area contributed by atoms with Crippen molar-refractivity contribution in [1.29, 1.82) is 0 Å². The van der Waals surface area contributed by atoms with Crippen LogP contribution in [0.15, 0.2) is 132 Å². The van der Waals surface area contributed by atoms with Gasteiger partial charge in [0, 0.05) is 5.57 Å². The Bertz CT molecular complexity index is 998. The molecule has 4 rings (SSSR count). The predicted octanol–water partition coefficient (Wildman–Crippen LogP) is 0.780. The number of benzene rings is 3. The van der Waals surface area contributed by atoms with Crippen LogP contribution >= 0.6 is 7.26 Å². The Balaban J connectivity index is 0.000000523. The molecule has 0 spiro atoms. The zero-order valence-electron chi connectivity index (χ0n) is 17.2. The molecule has 162 valence electrons. The lowest BCUT2D eigenvalue weighted by molar-refractivity contribution is -2.00.